The van der Waals surface area contributed by atoms with Crippen molar-refractivity contribution in [1.82, 2.24) is 0 Å². The summed E-state index contributed by atoms with van der Waals surface area (Å²) in [6, 6.07) is 0. The van der Waals surface area contributed by atoms with Gasteiger partial charge in [0.05, 0.1) is 11.2 Å². The second kappa shape index (κ2) is 14.9. The zero-order valence-electron chi connectivity index (χ0n) is 20.4. The fourth-order valence-corrected chi connectivity index (χ4v) is 6.11. The lowest BCUT2D eigenvalue weighted by atomic mass is 9.76. The van der Waals surface area contributed by atoms with Gasteiger partial charge in [0.2, 0.25) is 0 Å². The molecule has 1 heteroatoms. The maximum atomic E-state index is 7.36. The van der Waals surface area contributed by atoms with E-state index in [1.807, 2.05) is 0 Å². The van der Waals surface area contributed by atoms with Gasteiger partial charge in [-0.2, -0.15) is 0 Å². The first-order chi connectivity index (χ1) is 14.2. The van der Waals surface area contributed by atoms with Crippen molar-refractivity contribution in [1.29, 1.82) is 0 Å². The fourth-order valence-electron chi connectivity index (χ4n) is 6.11. The first-order valence-corrected chi connectivity index (χ1v) is 13.9. The van der Waals surface area contributed by atoms with Gasteiger partial charge in [-0.15, -0.1) is 0 Å². The molecule has 0 aromatic heterocycles. The molecule has 0 aliphatic heterocycles. The van der Waals surface area contributed by atoms with Gasteiger partial charge < -0.3 is 4.74 Å². The van der Waals surface area contributed by atoms with E-state index in [9.17, 15) is 0 Å². The molecule has 0 saturated heterocycles. The smallest absolute Gasteiger partial charge is 0.0690 e. The molecule has 0 aromatic carbocycles. The molecule has 29 heavy (non-hydrogen) atoms. The monoisotopic (exact) mass is 406 g/mol. The lowest BCUT2D eigenvalue weighted by Crippen LogP contribution is -2.47. The zero-order chi connectivity index (χ0) is 20.7. The molecule has 0 N–H and O–H groups in total. The summed E-state index contributed by atoms with van der Waals surface area (Å²) in [4.78, 5) is 0. The molecule has 0 atom stereocenters. The highest BCUT2D eigenvalue weighted by atomic mass is 16.5. The molecule has 1 nitrogen and oxygen atoms in total. The van der Waals surface area contributed by atoms with E-state index in [0.717, 1.165) is 0 Å². The molecular formula is C28H54O. The lowest BCUT2D eigenvalue weighted by molar-refractivity contribution is -0.192. The largest absolute Gasteiger partial charge is 0.369 e. The van der Waals surface area contributed by atoms with E-state index < -0.39 is 0 Å². The van der Waals surface area contributed by atoms with Gasteiger partial charge in [-0.25, -0.2) is 0 Å². The summed E-state index contributed by atoms with van der Waals surface area (Å²) in [6.07, 6.45) is 33.5. The van der Waals surface area contributed by atoms with Crippen LogP contribution in [0.1, 0.15) is 168 Å². The predicted octanol–water partition coefficient (Wildman–Crippen LogP) is 9.91. The third-order valence-corrected chi connectivity index (χ3v) is 7.93. The van der Waals surface area contributed by atoms with Crippen molar-refractivity contribution in [3.8, 4) is 0 Å². The predicted molar refractivity (Wildman–Crippen MR) is 129 cm³/mol. The highest BCUT2D eigenvalue weighted by Gasteiger charge is 2.42. The van der Waals surface area contributed by atoms with Gasteiger partial charge >= 0.3 is 0 Å². The maximum Gasteiger partial charge on any atom is 0.0690 e. The fraction of sp³-hybridized carbons (Fsp3) is 1.00. The van der Waals surface area contributed by atoms with Crippen LogP contribution in [-0.4, -0.2) is 11.2 Å². The van der Waals surface area contributed by atoms with E-state index in [2.05, 4.69) is 13.8 Å². The van der Waals surface area contributed by atoms with Crippen LogP contribution in [0.2, 0.25) is 0 Å². The van der Waals surface area contributed by atoms with Crippen LogP contribution in [0.25, 0.3) is 0 Å². The van der Waals surface area contributed by atoms with Crippen LogP contribution in [0.5, 0.6) is 0 Å². The molecule has 2 saturated carbocycles. The Hall–Kier alpha value is -0.0400. The second-order valence-corrected chi connectivity index (χ2v) is 10.6. The number of unbranched alkanes of at least 4 members (excludes halogenated alkanes) is 10. The Morgan fingerprint density at radius 2 is 0.793 bits per heavy atom. The Bertz CT molecular complexity index is 340. The van der Waals surface area contributed by atoms with Crippen LogP contribution in [-0.2, 0) is 4.74 Å². The highest BCUT2D eigenvalue weighted by molar-refractivity contribution is 4.93. The summed E-state index contributed by atoms with van der Waals surface area (Å²) in [7, 11) is 0. The Labute approximate surface area is 184 Å². The molecule has 0 heterocycles. The Balaban J connectivity index is 1.87. The van der Waals surface area contributed by atoms with Crippen LogP contribution in [0.15, 0.2) is 0 Å². The van der Waals surface area contributed by atoms with E-state index in [0.29, 0.717) is 0 Å². The highest BCUT2D eigenvalue weighted by Crippen LogP contribution is 2.45. The summed E-state index contributed by atoms with van der Waals surface area (Å²) in [5.41, 5.74) is 0.477. The molecule has 0 bridgehead atoms. The molecule has 0 radical (unpaired) electrons. The summed E-state index contributed by atoms with van der Waals surface area (Å²) in [6.45, 7) is 4.64. The number of hydrogen-bond donors (Lipinski definition) is 0. The summed E-state index contributed by atoms with van der Waals surface area (Å²) in [5.74, 6) is 0. The molecular weight excluding hydrogens is 352 g/mol. The molecule has 0 spiro atoms. The molecule has 0 unspecified atom stereocenters. The number of hydrogen-bond acceptors (Lipinski definition) is 1. The van der Waals surface area contributed by atoms with Crippen molar-refractivity contribution in [2.45, 2.75) is 179 Å². The van der Waals surface area contributed by atoms with Crippen LogP contribution >= 0.6 is 0 Å². The van der Waals surface area contributed by atoms with Gasteiger partial charge in [-0.1, -0.05) is 129 Å². The molecule has 0 aromatic rings. The Kier molecular flexibility index (Phi) is 12.9. The van der Waals surface area contributed by atoms with Gasteiger partial charge in [0.25, 0.3) is 0 Å². The van der Waals surface area contributed by atoms with Crippen molar-refractivity contribution < 1.29 is 4.74 Å². The normalized spacial score (nSPS) is 21.3. The van der Waals surface area contributed by atoms with E-state index in [1.165, 1.54) is 154 Å². The maximum absolute atomic E-state index is 7.36. The third kappa shape index (κ3) is 9.75. The Morgan fingerprint density at radius 1 is 0.448 bits per heavy atom. The quantitative estimate of drug-likeness (QED) is 0.232. The summed E-state index contributed by atoms with van der Waals surface area (Å²) in [5, 5.41) is 0. The molecule has 0 amide bonds. The standard InChI is InChI=1S/C28H54O/c1-3-5-7-9-11-15-21-27(23-17-13-18-24-27)29-28(25-19-14-20-26-28)22-16-12-10-8-6-4-2/h3-26H2,1-2H3. The summed E-state index contributed by atoms with van der Waals surface area (Å²) < 4.78 is 7.36. The summed E-state index contributed by atoms with van der Waals surface area (Å²) >= 11 is 0. The average Bonchev–Trinajstić information content (AvgIpc) is 2.74. The third-order valence-electron chi connectivity index (χ3n) is 7.93. The SMILES string of the molecule is CCCCCCCCC1(OC2(CCCCCCCC)CCCCC2)CCCCC1. The molecule has 2 rings (SSSR count). The zero-order valence-corrected chi connectivity index (χ0v) is 20.4. The molecule has 2 aliphatic carbocycles. The van der Waals surface area contributed by atoms with E-state index >= 15 is 0 Å². The van der Waals surface area contributed by atoms with Crippen LogP contribution in [0.3, 0.4) is 0 Å². The van der Waals surface area contributed by atoms with E-state index in [-0.39, 0.29) is 11.2 Å². The van der Waals surface area contributed by atoms with Gasteiger partial charge in [0.1, 0.15) is 0 Å². The topological polar surface area (TPSA) is 9.23 Å². The van der Waals surface area contributed by atoms with Gasteiger partial charge in [-0.3, -0.25) is 0 Å². The van der Waals surface area contributed by atoms with E-state index in [1.54, 1.807) is 0 Å². The first kappa shape index (κ1) is 25.2. The lowest BCUT2D eigenvalue weighted by Gasteiger charge is -2.48. The van der Waals surface area contributed by atoms with Crippen LogP contribution in [0, 0.1) is 0 Å². The minimum Gasteiger partial charge on any atom is -0.369 e. The Morgan fingerprint density at radius 3 is 1.17 bits per heavy atom. The minimum atomic E-state index is 0.239. The van der Waals surface area contributed by atoms with E-state index in [4.69, 9.17) is 4.74 Å². The van der Waals surface area contributed by atoms with Crippen molar-refractivity contribution in [2.24, 2.45) is 0 Å². The van der Waals surface area contributed by atoms with Crippen molar-refractivity contribution >= 4 is 0 Å². The van der Waals surface area contributed by atoms with Gasteiger partial charge in [-0.05, 0) is 38.5 Å². The average molecular weight is 407 g/mol. The minimum absolute atomic E-state index is 0.239. The first-order valence-electron chi connectivity index (χ1n) is 13.9. The molecule has 172 valence electrons. The van der Waals surface area contributed by atoms with Crippen molar-refractivity contribution in [2.75, 3.05) is 0 Å². The number of ether oxygens (including phenoxy) is 1. The second-order valence-electron chi connectivity index (χ2n) is 10.6. The van der Waals surface area contributed by atoms with Crippen LogP contribution < -0.4 is 0 Å². The van der Waals surface area contributed by atoms with Crippen molar-refractivity contribution in [3.05, 3.63) is 0 Å². The van der Waals surface area contributed by atoms with Crippen LogP contribution in [0.4, 0.5) is 0 Å². The van der Waals surface area contributed by atoms with Crippen molar-refractivity contribution in [3.63, 3.8) is 0 Å². The van der Waals surface area contributed by atoms with Gasteiger partial charge in [0.15, 0.2) is 0 Å². The number of rotatable bonds is 16. The molecule has 2 aliphatic rings. The van der Waals surface area contributed by atoms with Gasteiger partial charge in [0, 0.05) is 0 Å². The molecule has 2 fully saturated rings.